The first-order valence-electron chi connectivity index (χ1n) is 7.88. The Morgan fingerprint density at radius 1 is 1.35 bits per heavy atom. The van der Waals surface area contributed by atoms with Gasteiger partial charge in [-0.2, -0.15) is 13.2 Å². The van der Waals surface area contributed by atoms with Crippen molar-refractivity contribution in [1.82, 2.24) is 10.3 Å². The maximum Gasteiger partial charge on any atom is 0.416 e. The van der Waals surface area contributed by atoms with Crippen LogP contribution >= 0.6 is 11.3 Å². The largest absolute Gasteiger partial charge is 0.476 e. The molecule has 26 heavy (non-hydrogen) atoms. The number of nitrogens with one attached hydrogen (secondary N) is 1. The summed E-state index contributed by atoms with van der Waals surface area (Å²) in [6.07, 6.45) is -3.47. The minimum Gasteiger partial charge on any atom is -0.476 e. The van der Waals surface area contributed by atoms with Crippen molar-refractivity contribution >= 4 is 23.2 Å². The Kier molecular flexibility index (Phi) is 4.99. The second-order valence-corrected chi connectivity index (χ2v) is 6.99. The number of aromatic carboxylic acids is 1. The second-order valence-electron chi connectivity index (χ2n) is 6.04. The lowest BCUT2D eigenvalue weighted by molar-refractivity contribution is -0.137. The lowest BCUT2D eigenvalue weighted by Gasteiger charge is -2.08. The molecule has 1 aromatic carbocycles. The normalized spacial score (nSPS) is 19.2. The molecule has 9 heteroatoms. The van der Waals surface area contributed by atoms with Crippen LogP contribution in [0.15, 0.2) is 29.6 Å². The van der Waals surface area contributed by atoms with E-state index in [-0.39, 0.29) is 23.4 Å². The van der Waals surface area contributed by atoms with E-state index in [2.05, 4.69) is 10.3 Å². The topological polar surface area (TPSA) is 79.3 Å². The van der Waals surface area contributed by atoms with E-state index in [0.717, 1.165) is 12.1 Å². The molecule has 3 rings (SSSR count). The number of rotatable bonds is 6. The average Bonchev–Trinajstić information content (AvgIpc) is 3.25. The molecular weight excluding hydrogens is 369 g/mol. The molecule has 0 bridgehead atoms. The van der Waals surface area contributed by atoms with Gasteiger partial charge in [0.05, 0.1) is 10.6 Å². The maximum atomic E-state index is 12.8. The van der Waals surface area contributed by atoms with Gasteiger partial charge in [-0.1, -0.05) is 18.2 Å². The molecule has 0 radical (unpaired) electrons. The van der Waals surface area contributed by atoms with Gasteiger partial charge in [0.15, 0.2) is 5.69 Å². The summed E-state index contributed by atoms with van der Waals surface area (Å²) in [6, 6.07) is 5.07. The van der Waals surface area contributed by atoms with E-state index in [4.69, 9.17) is 5.11 Å². The van der Waals surface area contributed by atoms with Crippen LogP contribution in [0.25, 0.3) is 0 Å². The molecule has 1 aromatic heterocycles. The van der Waals surface area contributed by atoms with Crippen LogP contribution in [-0.4, -0.2) is 28.5 Å². The quantitative estimate of drug-likeness (QED) is 0.801. The average molecular weight is 384 g/mol. The van der Waals surface area contributed by atoms with Gasteiger partial charge in [-0.15, -0.1) is 11.3 Å². The summed E-state index contributed by atoms with van der Waals surface area (Å²) in [4.78, 5) is 26.8. The zero-order valence-corrected chi connectivity index (χ0v) is 14.2. The Labute approximate surface area is 150 Å². The van der Waals surface area contributed by atoms with Crippen LogP contribution in [0.2, 0.25) is 0 Å². The van der Waals surface area contributed by atoms with Gasteiger partial charge >= 0.3 is 12.1 Å². The third-order valence-electron chi connectivity index (χ3n) is 4.18. The van der Waals surface area contributed by atoms with Gasteiger partial charge in [0, 0.05) is 24.3 Å². The zero-order chi connectivity index (χ0) is 18.9. The molecule has 0 saturated heterocycles. The van der Waals surface area contributed by atoms with Crippen molar-refractivity contribution in [1.29, 1.82) is 0 Å². The van der Waals surface area contributed by atoms with Crippen molar-refractivity contribution in [3.05, 3.63) is 51.5 Å². The van der Waals surface area contributed by atoms with Gasteiger partial charge in [0.2, 0.25) is 5.91 Å². The number of carboxylic acid groups (broad SMARTS) is 1. The van der Waals surface area contributed by atoms with Gasteiger partial charge in [0.25, 0.3) is 0 Å². The summed E-state index contributed by atoms with van der Waals surface area (Å²) in [7, 11) is 0. The van der Waals surface area contributed by atoms with Gasteiger partial charge in [-0.3, -0.25) is 4.79 Å². The number of thiazole rings is 1. The highest BCUT2D eigenvalue weighted by Crippen LogP contribution is 2.48. The summed E-state index contributed by atoms with van der Waals surface area (Å²) in [5.41, 5.74) is -0.215. The van der Waals surface area contributed by atoms with E-state index in [1.54, 1.807) is 6.07 Å². The molecule has 1 aliphatic carbocycles. The number of aromatic nitrogens is 1. The number of carbonyl (C=O) groups excluding carboxylic acids is 1. The van der Waals surface area contributed by atoms with Crippen molar-refractivity contribution in [2.75, 3.05) is 6.54 Å². The molecule has 0 spiro atoms. The smallest absolute Gasteiger partial charge is 0.416 e. The molecule has 1 fully saturated rings. The van der Waals surface area contributed by atoms with Crippen LogP contribution in [0.1, 0.15) is 39.0 Å². The molecule has 1 aliphatic rings. The van der Waals surface area contributed by atoms with Crippen LogP contribution in [0, 0.1) is 5.92 Å². The summed E-state index contributed by atoms with van der Waals surface area (Å²) in [6.45, 7) is 0.303. The fraction of sp³-hybridized carbons (Fsp3) is 0.353. The number of alkyl halides is 3. The molecular formula is C17H15F3N2O3S. The number of hydrogen-bond acceptors (Lipinski definition) is 4. The molecule has 0 aliphatic heterocycles. The number of nitrogens with zero attached hydrogens (tertiary/aromatic N) is 1. The van der Waals surface area contributed by atoms with E-state index >= 15 is 0 Å². The van der Waals surface area contributed by atoms with Crippen LogP contribution in [0.5, 0.6) is 0 Å². The first kappa shape index (κ1) is 18.4. The first-order chi connectivity index (χ1) is 12.3. The Bertz CT molecular complexity index is 835. The molecule has 2 atom stereocenters. The predicted molar refractivity (Wildman–Crippen MR) is 88.1 cm³/mol. The summed E-state index contributed by atoms with van der Waals surface area (Å²) in [5, 5.41) is 13.6. The Morgan fingerprint density at radius 3 is 2.77 bits per heavy atom. The number of carbonyl (C=O) groups is 2. The van der Waals surface area contributed by atoms with Gasteiger partial charge in [-0.05, 0) is 24.0 Å². The number of halogens is 3. The van der Waals surface area contributed by atoms with E-state index in [1.807, 2.05) is 0 Å². The lowest BCUT2D eigenvalue weighted by Crippen LogP contribution is -2.27. The van der Waals surface area contributed by atoms with Crippen molar-refractivity contribution < 1.29 is 27.9 Å². The SMILES string of the molecule is O=C(O)c1csc(CCNC(=O)C2CC2c2cccc(C(F)(F)F)c2)n1. The van der Waals surface area contributed by atoms with Crippen LogP contribution in [-0.2, 0) is 17.4 Å². The maximum absolute atomic E-state index is 12.8. The highest BCUT2D eigenvalue weighted by atomic mass is 32.1. The second kappa shape index (κ2) is 7.06. The monoisotopic (exact) mass is 384 g/mol. The fourth-order valence-corrected chi connectivity index (χ4v) is 3.52. The molecule has 138 valence electrons. The van der Waals surface area contributed by atoms with E-state index < -0.39 is 17.7 Å². The Hall–Kier alpha value is -2.42. The van der Waals surface area contributed by atoms with Crippen LogP contribution in [0.3, 0.4) is 0 Å². The third kappa shape index (κ3) is 4.21. The molecule has 2 N–H and O–H groups in total. The first-order valence-corrected chi connectivity index (χ1v) is 8.76. The van der Waals surface area contributed by atoms with Crippen LogP contribution < -0.4 is 5.32 Å². The van der Waals surface area contributed by atoms with Gasteiger partial charge < -0.3 is 10.4 Å². The standard InChI is InChI=1S/C17H15F3N2O3S/c18-17(19,20)10-3-1-2-9(6-10)11-7-12(11)15(23)21-5-4-14-22-13(8-26-14)16(24)25/h1-3,6,8,11-12H,4-5,7H2,(H,21,23)(H,24,25). The highest BCUT2D eigenvalue weighted by molar-refractivity contribution is 7.09. The minimum atomic E-state index is -4.40. The summed E-state index contributed by atoms with van der Waals surface area (Å²) < 4.78 is 38.3. The minimum absolute atomic E-state index is 0.0249. The Morgan fingerprint density at radius 2 is 2.12 bits per heavy atom. The molecule has 2 unspecified atom stereocenters. The fourth-order valence-electron chi connectivity index (χ4n) is 2.75. The van der Waals surface area contributed by atoms with Crippen molar-refractivity contribution in [2.24, 2.45) is 5.92 Å². The Balaban J connectivity index is 1.50. The van der Waals surface area contributed by atoms with E-state index in [9.17, 15) is 22.8 Å². The number of amides is 1. The number of carboxylic acids is 1. The van der Waals surface area contributed by atoms with Gasteiger partial charge in [-0.25, -0.2) is 9.78 Å². The molecule has 5 nitrogen and oxygen atoms in total. The molecule has 1 saturated carbocycles. The third-order valence-corrected chi connectivity index (χ3v) is 5.09. The van der Waals surface area contributed by atoms with E-state index in [1.165, 1.54) is 22.8 Å². The number of hydrogen-bond donors (Lipinski definition) is 2. The highest BCUT2D eigenvalue weighted by Gasteiger charge is 2.44. The predicted octanol–water partition coefficient (Wildman–Crippen LogP) is 3.32. The van der Waals surface area contributed by atoms with Crippen molar-refractivity contribution in [3.8, 4) is 0 Å². The van der Waals surface area contributed by atoms with E-state index in [0.29, 0.717) is 30.0 Å². The molecule has 2 aromatic rings. The summed E-state index contributed by atoms with van der Waals surface area (Å²) in [5.74, 6) is -1.83. The summed E-state index contributed by atoms with van der Waals surface area (Å²) >= 11 is 1.21. The van der Waals surface area contributed by atoms with Crippen molar-refractivity contribution in [2.45, 2.75) is 24.9 Å². The molecule has 1 amide bonds. The van der Waals surface area contributed by atoms with Gasteiger partial charge in [0.1, 0.15) is 0 Å². The van der Waals surface area contributed by atoms with Crippen LogP contribution in [0.4, 0.5) is 13.2 Å². The zero-order valence-electron chi connectivity index (χ0n) is 13.4. The van der Waals surface area contributed by atoms with Crippen molar-refractivity contribution in [3.63, 3.8) is 0 Å². The molecule has 1 heterocycles. The number of benzene rings is 1. The lowest BCUT2D eigenvalue weighted by atomic mass is 10.1.